The van der Waals surface area contributed by atoms with Crippen molar-refractivity contribution in [1.82, 2.24) is 0 Å². The van der Waals surface area contributed by atoms with Crippen LogP contribution in [0.25, 0.3) is 0 Å². The van der Waals surface area contributed by atoms with Crippen LogP contribution in [0.4, 0.5) is 0 Å². The molecule has 0 aromatic heterocycles. The molecule has 0 unspecified atom stereocenters. The van der Waals surface area contributed by atoms with Crippen molar-refractivity contribution in [1.29, 1.82) is 0 Å². The van der Waals surface area contributed by atoms with E-state index in [0.717, 1.165) is 30.2 Å². The van der Waals surface area contributed by atoms with E-state index in [-0.39, 0.29) is 17.0 Å². The summed E-state index contributed by atoms with van der Waals surface area (Å²) in [7, 11) is 0. The fourth-order valence-electron chi connectivity index (χ4n) is 2.27. The first kappa shape index (κ1) is 24.0. The van der Waals surface area contributed by atoms with Gasteiger partial charge >= 0.3 is 6.07 Å². The highest BCUT2D eigenvalue weighted by molar-refractivity contribution is 8.14. The molecule has 0 aliphatic carbocycles. The highest BCUT2D eigenvalue weighted by Gasteiger charge is 2.21. The summed E-state index contributed by atoms with van der Waals surface area (Å²) < 4.78 is 22.0. The molecule has 0 N–H and O–H groups in total. The fourth-order valence-corrected chi connectivity index (χ4v) is 3.95. The molecule has 0 spiro atoms. The van der Waals surface area contributed by atoms with Gasteiger partial charge in [0.25, 0.3) is 0 Å². The van der Waals surface area contributed by atoms with Crippen LogP contribution in [0, 0.1) is 0 Å². The Balaban J connectivity index is 2.38. The van der Waals surface area contributed by atoms with Gasteiger partial charge in [0.15, 0.2) is 5.12 Å². The van der Waals surface area contributed by atoms with Crippen LogP contribution in [0.1, 0.15) is 44.6 Å². The van der Waals surface area contributed by atoms with Crippen molar-refractivity contribution in [2.75, 3.05) is 19.8 Å². The Morgan fingerprint density at radius 3 is 2.54 bits per heavy atom. The van der Waals surface area contributed by atoms with Crippen LogP contribution in [-0.2, 0) is 25.0 Å². The molecule has 0 amide bonds. The van der Waals surface area contributed by atoms with Gasteiger partial charge in [0, 0.05) is 13.0 Å². The number of carbonyl (C=O) groups excluding carboxylic acids is 1. The highest BCUT2D eigenvalue weighted by atomic mass is 35.9. The topological polar surface area (TPSA) is 52.6 Å². The maximum Gasteiger partial charge on any atom is 0.380 e. The van der Waals surface area contributed by atoms with Gasteiger partial charge in [-0.25, -0.2) is 0 Å². The summed E-state index contributed by atoms with van der Waals surface area (Å²) in [5.74, 6) is 0. The molecule has 0 bridgehead atoms. The summed E-state index contributed by atoms with van der Waals surface area (Å²) in [6.07, 6.45) is 1.95. The van der Waals surface area contributed by atoms with Gasteiger partial charge in [-0.05, 0) is 40.9 Å². The van der Waals surface area contributed by atoms with Gasteiger partial charge in [-0.15, -0.1) is 0 Å². The Morgan fingerprint density at radius 1 is 1.15 bits per heavy atom. The predicted molar refractivity (Wildman–Crippen MR) is 111 cm³/mol. The van der Waals surface area contributed by atoms with Gasteiger partial charge in [-0.1, -0.05) is 68.3 Å². The van der Waals surface area contributed by atoms with E-state index in [1.165, 1.54) is 12.8 Å². The Bertz CT molecular complexity index is 553. The number of hydrogen-bond acceptors (Lipinski definition) is 5. The number of aryl methyl sites for hydroxylation is 1. The number of benzene rings is 1. The number of hydrogen-bond donors (Lipinski definition) is 0. The molecule has 0 saturated heterocycles. The second-order valence-electron chi connectivity index (χ2n) is 5.94. The third-order valence-electron chi connectivity index (χ3n) is 3.62. The average Bonchev–Trinajstić information content (AvgIpc) is 2.61. The van der Waals surface area contributed by atoms with Gasteiger partial charge in [0.2, 0.25) is 0 Å². The quantitative estimate of drug-likeness (QED) is 0.245. The molecular weight excluding hydrogens is 414 g/mol. The SMILES string of the molecule is CCCCCCOC[C@@H](COP(=O)(Cl)Cl)SC(=O)CCc1ccccc1. The molecule has 26 heavy (non-hydrogen) atoms. The molecule has 1 atom stereocenters. The monoisotopic (exact) mass is 440 g/mol. The first-order valence-corrected chi connectivity index (χ1v) is 13.2. The summed E-state index contributed by atoms with van der Waals surface area (Å²) in [6, 6.07) is 9.84. The summed E-state index contributed by atoms with van der Waals surface area (Å²) >= 11 is 12.0. The lowest BCUT2D eigenvalue weighted by atomic mass is 10.1. The summed E-state index contributed by atoms with van der Waals surface area (Å²) in [5, 5.41) is -0.244. The minimum absolute atomic E-state index is 0.0149. The molecule has 8 heteroatoms. The molecule has 148 valence electrons. The predicted octanol–water partition coefficient (Wildman–Crippen LogP) is 6.45. The molecule has 1 aromatic rings. The lowest BCUT2D eigenvalue weighted by molar-refractivity contribution is -0.111. The Morgan fingerprint density at radius 2 is 1.88 bits per heavy atom. The van der Waals surface area contributed by atoms with E-state index in [0.29, 0.717) is 26.1 Å². The zero-order valence-corrected chi connectivity index (χ0v) is 18.3. The number of rotatable bonds is 14. The van der Waals surface area contributed by atoms with Gasteiger partial charge < -0.3 is 9.26 Å². The molecule has 1 rings (SSSR count). The molecule has 1 aromatic carbocycles. The van der Waals surface area contributed by atoms with Gasteiger partial charge in [0.1, 0.15) is 0 Å². The second-order valence-corrected chi connectivity index (χ2v) is 11.6. The number of carbonyl (C=O) groups is 1. The molecule has 0 saturated carbocycles. The third-order valence-corrected chi connectivity index (χ3v) is 5.72. The number of thioether (sulfide) groups is 1. The van der Waals surface area contributed by atoms with Crippen LogP contribution in [0.5, 0.6) is 0 Å². The fraction of sp³-hybridized carbons (Fsp3) is 0.611. The van der Waals surface area contributed by atoms with Crippen molar-refractivity contribution in [2.45, 2.75) is 50.7 Å². The summed E-state index contributed by atoms with van der Waals surface area (Å²) in [6.45, 7) is 3.14. The largest absolute Gasteiger partial charge is 0.380 e. The Hall–Kier alpha value is -0.0300. The van der Waals surface area contributed by atoms with Gasteiger partial charge in [-0.3, -0.25) is 9.36 Å². The van der Waals surface area contributed by atoms with Crippen LogP contribution in [0.15, 0.2) is 30.3 Å². The molecular formula is C18H27Cl2O4PS. The first-order valence-electron chi connectivity index (χ1n) is 8.85. The van der Waals surface area contributed by atoms with Crippen molar-refractivity contribution in [3.8, 4) is 0 Å². The van der Waals surface area contributed by atoms with E-state index in [1.54, 1.807) is 0 Å². The maximum absolute atomic E-state index is 12.2. The standard InChI is InChI=1S/C18H27Cl2O4PS/c1-2-3-4-8-13-23-14-17(15-24-25(19,20)22)26-18(21)12-11-16-9-6-5-7-10-16/h5-7,9-10,17H,2-4,8,11-15H2,1H3/t17-/m0/s1. The maximum atomic E-state index is 12.2. The lowest BCUT2D eigenvalue weighted by Gasteiger charge is -2.16. The zero-order chi connectivity index (χ0) is 19.3. The molecule has 4 nitrogen and oxygen atoms in total. The van der Waals surface area contributed by atoms with Crippen LogP contribution in [0.3, 0.4) is 0 Å². The molecule has 0 radical (unpaired) electrons. The normalized spacial score (nSPS) is 12.9. The minimum atomic E-state index is -3.62. The first-order chi connectivity index (χ1) is 12.4. The van der Waals surface area contributed by atoms with E-state index in [9.17, 15) is 9.36 Å². The van der Waals surface area contributed by atoms with Crippen molar-refractivity contribution in [3.63, 3.8) is 0 Å². The van der Waals surface area contributed by atoms with Gasteiger partial charge in [0.05, 0.1) is 18.5 Å². The van der Waals surface area contributed by atoms with E-state index >= 15 is 0 Å². The van der Waals surface area contributed by atoms with E-state index in [4.69, 9.17) is 31.7 Å². The second kappa shape index (κ2) is 14.0. The number of halogens is 2. The van der Waals surface area contributed by atoms with Crippen molar-refractivity contribution >= 4 is 45.4 Å². The molecule has 0 heterocycles. The average molecular weight is 441 g/mol. The van der Waals surface area contributed by atoms with Crippen molar-refractivity contribution < 1.29 is 18.6 Å². The highest BCUT2D eigenvalue weighted by Crippen LogP contribution is 2.57. The van der Waals surface area contributed by atoms with Crippen molar-refractivity contribution in [3.05, 3.63) is 35.9 Å². The van der Waals surface area contributed by atoms with E-state index in [2.05, 4.69) is 6.92 Å². The van der Waals surface area contributed by atoms with Crippen LogP contribution < -0.4 is 0 Å². The number of unbranched alkanes of at least 4 members (excludes halogenated alkanes) is 3. The van der Waals surface area contributed by atoms with E-state index in [1.807, 2.05) is 30.3 Å². The number of ether oxygens (including phenoxy) is 1. The van der Waals surface area contributed by atoms with Crippen molar-refractivity contribution in [2.24, 2.45) is 0 Å². The van der Waals surface area contributed by atoms with Crippen LogP contribution in [-0.4, -0.2) is 30.2 Å². The molecule has 0 fully saturated rings. The Labute approximate surface area is 170 Å². The van der Waals surface area contributed by atoms with E-state index < -0.39 is 6.07 Å². The summed E-state index contributed by atoms with van der Waals surface area (Å²) in [4.78, 5) is 12.2. The smallest absolute Gasteiger partial charge is 0.380 e. The van der Waals surface area contributed by atoms with Crippen LogP contribution >= 0.6 is 40.3 Å². The third kappa shape index (κ3) is 13.2. The Kier molecular flexibility index (Phi) is 13.0. The molecule has 0 aliphatic rings. The molecule has 0 aliphatic heterocycles. The van der Waals surface area contributed by atoms with Crippen LogP contribution in [0.2, 0.25) is 0 Å². The lowest BCUT2D eigenvalue weighted by Crippen LogP contribution is -2.20. The minimum Gasteiger partial charge on any atom is -0.380 e. The van der Waals surface area contributed by atoms with Gasteiger partial charge in [-0.2, -0.15) is 0 Å². The zero-order valence-electron chi connectivity index (χ0n) is 15.1. The summed E-state index contributed by atoms with van der Waals surface area (Å²) in [5.41, 5.74) is 1.12.